The number of hydrogen-bond donors (Lipinski definition) is 1. The van der Waals surface area contributed by atoms with Gasteiger partial charge in [-0.05, 0) is 48.3 Å². The molecule has 1 N–H and O–H groups in total. The lowest BCUT2D eigenvalue weighted by atomic mass is 9.69. The van der Waals surface area contributed by atoms with Crippen molar-refractivity contribution in [3.8, 4) is 0 Å². The van der Waals surface area contributed by atoms with Gasteiger partial charge in [-0.3, -0.25) is 5.43 Å². The minimum absolute atomic E-state index is 0.328. The number of nitrogens with one attached hydrogen (secondary N) is 1. The summed E-state index contributed by atoms with van der Waals surface area (Å²) in [7, 11) is 0. The van der Waals surface area contributed by atoms with Gasteiger partial charge in [0.15, 0.2) is 5.82 Å². The number of aromatic nitrogens is 2. The van der Waals surface area contributed by atoms with Gasteiger partial charge in [-0.15, -0.1) is 11.3 Å². The standard InChI is InChI=1S/C22H24Cl2N4S/c1-4-22(2,3)13-8-9-18-14(10-13)19-20(25-12-26-21(19)29-18)28-27-11-15-16(23)6-5-7-17(15)24/h5-7,11-13H,4,8-10H2,1-3H3,(H,25,26,28)/b27-11-/t13-/m0/s1. The third kappa shape index (κ3) is 4.00. The van der Waals surface area contributed by atoms with Crippen LogP contribution in [0, 0.1) is 11.3 Å². The van der Waals surface area contributed by atoms with Gasteiger partial charge in [-0.1, -0.05) is 56.5 Å². The Hall–Kier alpha value is -1.69. The van der Waals surface area contributed by atoms with Crippen LogP contribution in [0.5, 0.6) is 0 Å². The fourth-order valence-corrected chi connectivity index (χ4v) is 5.62. The zero-order valence-corrected chi connectivity index (χ0v) is 19.1. The van der Waals surface area contributed by atoms with Crippen LogP contribution in [0.1, 0.15) is 49.6 Å². The van der Waals surface area contributed by atoms with Crippen LogP contribution in [0.15, 0.2) is 29.6 Å². The van der Waals surface area contributed by atoms with Gasteiger partial charge in [0.1, 0.15) is 11.2 Å². The number of halogens is 2. The average Bonchev–Trinajstić information content (AvgIpc) is 3.08. The molecule has 2 heterocycles. The van der Waals surface area contributed by atoms with Crippen LogP contribution in [0.2, 0.25) is 10.0 Å². The molecule has 0 aliphatic heterocycles. The van der Waals surface area contributed by atoms with E-state index in [1.54, 1.807) is 36.0 Å². The van der Waals surface area contributed by atoms with Gasteiger partial charge < -0.3 is 0 Å². The Labute approximate surface area is 185 Å². The fraction of sp³-hybridized carbons (Fsp3) is 0.409. The number of hydrogen-bond acceptors (Lipinski definition) is 5. The van der Waals surface area contributed by atoms with Crippen LogP contribution in [0.3, 0.4) is 0 Å². The SMILES string of the molecule is CCC(C)(C)[C@H]1CCc2sc3ncnc(N/N=C\c4c(Cl)cccc4Cl)c3c2C1. The van der Waals surface area contributed by atoms with E-state index in [1.807, 2.05) is 6.07 Å². The second kappa shape index (κ2) is 8.21. The number of rotatable bonds is 5. The molecular weight excluding hydrogens is 423 g/mol. The Kier molecular flexibility index (Phi) is 5.83. The molecule has 0 radical (unpaired) electrons. The molecule has 1 atom stereocenters. The molecule has 4 nitrogen and oxygen atoms in total. The second-order valence-electron chi connectivity index (χ2n) is 8.19. The number of nitrogens with zero attached hydrogens (tertiary/aromatic N) is 3. The highest BCUT2D eigenvalue weighted by atomic mass is 35.5. The smallest absolute Gasteiger partial charge is 0.158 e. The van der Waals surface area contributed by atoms with Crippen molar-refractivity contribution in [1.82, 2.24) is 9.97 Å². The maximum absolute atomic E-state index is 6.23. The summed E-state index contributed by atoms with van der Waals surface area (Å²) in [5.74, 6) is 1.40. The highest BCUT2D eigenvalue weighted by molar-refractivity contribution is 7.19. The summed E-state index contributed by atoms with van der Waals surface area (Å²) in [4.78, 5) is 11.5. The molecule has 7 heteroatoms. The van der Waals surface area contributed by atoms with Crippen molar-refractivity contribution in [2.24, 2.45) is 16.4 Å². The number of anilines is 1. The largest absolute Gasteiger partial charge is 0.261 e. The Balaban J connectivity index is 1.66. The highest BCUT2D eigenvalue weighted by Gasteiger charge is 2.33. The first-order valence-corrected chi connectivity index (χ1v) is 11.5. The van der Waals surface area contributed by atoms with E-state index in [0.717, 1.165) is 28.9 Å². The molecule has 0 amide bonds. The van der Waals surface area contributed by atoms with E-state index in [0.29, 0.717) is 26.9 Å². The summed E-state index contributed by atoms with van der Waals surface area (Å²) in [6.45, 7) is 7.04. The van der Waals surface area contributed by atoms with Crippen molar-refractivity contribution in [1.29, 1.82) is 0 Å². The van der Waals surface area contributed by atoms with Crippen molar-refractivity contribution in [2.45, 2.75) is 46.5 Å². The first-order valence-electron chi connectivity index (χ1n) is 9.89. The molecule has 29 heavy (non-hydrogen) atoms. The third-order valence-corrected chi connectivity index (χ3v) is 8.08. The molecule has 0 saturated carbocycles. The minimum atomic E-state index is 0.328. The van der Waals surface area contributed by atoms with Gasteiger partial charge in [0, 0.05) is 10.4 Å². The number of fused-ring (bicyclic) bond motifs is 3. The third-order valence-electron chi connectivity index (χ3n) is 6.22. The summed E-state index contributed by atoms with van der Waals surface area (Å²) >= 11 is 14.2. The summed E-state index contributed by atoms with van der Waals surface area (Å²) in [6.07, 6.45) is 7.83. The van der Waals surface area contributed by atoms with Crippen molar-refractivity contribution in [3.63, 3.8) is 0 Å². The van der Waals surface area contributed by atoms with E-state index in [4.69, 9.17) is 23.2 Å². The van der Waals surface area contributed by atoms with E-state index < -0.39 is 0 Å². The quantitative estimate of drug-likeness (QED) is 0.339. The highest BCUT2D eigenvalue weighted by Crippen LogP contribution is 2.45. The van der Waals surface area contributed by atoms with Gasteiger partial charge in [-0.25, -0.2) is 9.97 Å². The van der Waals surface area contributed by atoms with Crippen LogP contribution >= 0.6 is 34.5 Å². The molecule has 152 valence electrons. The second-order valence-corrected chi connectivity index (χ2v) is 10.1. The van der Waals surface area contributed by atoms with Gasteiger partial charge in [0.25, 0.3) is 0 Å². The van der Waals surface area contributed by atoms with Crippen LogP contribution in [-0.4, -0.2) is 16.2 Å². The van der Waals surface area contributed by atoms with E-state index in [1.165, 1.54) is 23.3 Å². The lowest BCUT2D eigenvalue weighted by Crippen LogP contribution is -2.28. The van der Waals surface area contributed by atoms with E-state index in [2.05, 4.69) is 41.3 Å². The van der Waals surface area contributed by atoms with Gasteiger partial charge in [0.2, 0.25) is 0 Å². The van der Waals surface area contributed by atoms with E-state index in [9.17, 15) is 0 Å². The van der Waals surface area contributed by atoms with Gasteiger partial charge in [-0.2, -0.15) is 5.10 Å². The molecule has 0 fully saturated rings. The normalized spacial score (nSPS) is 17.1. The molecule has 1 aliphatic rings. The lowest BCUT2D eigenvalue weighted by Gasteiger charge is -2.36. The minimum Gasteiger partial charge on any atom is -0.261 e. The number of thiophene rings is 1. The van der Waals surface area contributed by atoms with Crippen LogP contribution < -0.4 is 5.43 Å². The molecular formula is C22H24Cl2N4S. The van der Waals surface area contributed by atoms with Crippen molar-refractivity contribution >= 4 is 56.8 Å². The molecule has 0 spiro atoms. The zero-order chi connectivity index (χ0) is 20.6. The number of benzene rings is 1. The fourth-order valence-electron chi connectivity index (χ4n) is 3.94. The van der Waals surface area contributed by atoms with Crippen molar-refractivity contribution < 1.29 is 0 Å². The Bertz CT molecular complexity index is 1050. The van der Waals surface area contributed by atoms with Crippen molar-refractivity contribution in [2.75, 3.05) is 5.43 Å². The van der Waals surface area contributed by atoms with E-state index >= 15 is 0 Å². The zero-order valence-electron chi connectivity index (χ0n) is 16.8. The topological polar surface area (TPSA) is 50.2 Å². The van der Waals surface area contributed by atoms with Crippen LogP contribution in [0.4, 0.5) is 5.82 Å². The predicted octanol–water partition coefficient (Wildman–Crippen LogP) is 6.99. The molecule has 0 bridgehead atoms. The number of aryl methyl sites for hydroxylation is 1. The van der Waals surface area contributed by atoms with E-state index in [-0.39, 0.29) is 0 Å². The van der Waals surface area contributed by atoms with Crippen LogP contribution in [-0.2, 0) is 12.8 Å². The molecule has 1 aromatic carbocycles. The first-order chi connectivity index (χ1) is 13.9. The molecule has 2 aromatic heterocycles. The van der Waals surface area contributed by atoms with Crippen molar-refractivity contribution in [3.05, 3.63) is 50.6 Å². The summed E-state index contributed by atoms with van der Waals surface area (Å²) < 4.78 is 0. The molecule has 1 aliphatic carbocycles. The number of hydrazone groups is 1. The Morgan fingerprint density at radius 3 is 2.76 bits per heavy atom. The average molecular weight is 447 g/mol. The van der Waals surface area contributed by atoms with Crippen LogP contribution in [0.25, 0.3) is 10.2 Å². The maximum Gasteiger partial charge on any atom is 0.158 e. The summed E-state index contributed by atoms with van der Waals surface area (Å²) in [6, 6.07) is 5.40. The molecule has 0 saturated heterocycles. The first kappa shape index (κ1) is 20.6. The summed E-state index contributed by atoms with van der Waals surface area (Å²) in [5.41, 5.74) is 5.50. The van der Waals surface area contributed by atoms with Gasteiger partial charge in [0.05, 0.1) is 21.6 Å². The Morgan fingerprint density at radius 1 is 1.28 bits per heavy atom. The monoisotopic (exact) mass is 446 g/mol. The molecule has 0 unspecified atom stereocenters. The lowest BCUT2D eigenvalue weighted by molar-refractivity contribution is 0.184. The Morgan fingerprint density at radius 2 is 2.03 bits per heavy atom. The summed E-state index contributed by atoms with van der Waals surface area (Å²) in [5, 5.41) is 6.60. The molecule has 3 aromatic rings. The maximum atomic E-state index is 6.23. The van der Waals surface area contributed by atoms with Gasteiger partial charge >= 0.3 is 0 Å². The predicted molar refractivity (Wildman–Crippen MR) is 125 cm³/mol. The molecule has 4 rings (SSSR count).